The van der Waals surface area contributed by atoms with E-state index >= 15 is 0 Å². The molecule has 8 nitrogen and oxygen atoms in total. The molecule has 0 radical (unpaired) electrons. The number of rotatable bonds is 7. The van der Waals surface area contributed by atoms with E-state index in [2.05, 4.69) is 20.3 Å². The fourth-order valence-electron chi connectivity index (χ4n) is 2.52. The van der Waals surface area contributed by atoms with E-state index in [-0.39, 0.29) is 6.54 Å². The molecule has 2 heterocycles. The van der Waals surface area contributed by atoms with Crippen molar-refractivity contribution in [1.82, 2.24) is 10.0 Å². The van der Waals surface area contributed by atoms with Crippen LogP contribution in [0.1, 0.15) is 13.3 Å². The summed E-state index contributed by atoms with van der Waals surface area (Å²) in [6.45, 7) is 4.41. The van der Waals surface area contributed by atoms with E-state index in [0.717, 1.165) is 17.9 Å². The fraction of sp³-hybridized carbons (Fsp3) is 0.389. The lowest BCUT2D eigenvalue weighted by atomic mass is 10.3. The van der Waals surface area contributed by atoms with Crippen LogP contribution in [0.4, 0.5) is 5.69 Å². The highest BCUT2D eigenvalue weighted by molar-refractivity contribution is 7.91. The Labute approximate surface area is 169 Å². The molecule has 1 aliphatic heterocycles. The second-order valence-electron chi connectivity index (χ2n) is 5.93. The third-order valence-corrected chi connectivity index (χ3v) is 6.65. The Balaban J connectivity index is 1.59. The normalized spacial score (nSPS) is 14.4. The molecule has 0 saturated carbocycles. The quantitative estimate of drug-likeness (QED) is 0.358. The number of thiophene rings is 1. The summed E-state index contributed by atoms with van der Waals surface area (Å²) in [6, 6.07) is 8.90. The molecule has 0 fully saturated rings. The van der Waals surface area contributed by atoms with Crippen molar-refractivity contribution in [3.63, 3.8) is 0 Å². The molecular weight excluding hydrogens is 400 g/mol. The molecule has 28 heavy (non-hydrogen) atoms. The lowest BCUT2D eigenvalue weighted by Gasteiger charge is -2.13. The van der Waals surface area contributed by atoms with E-state index < -0.39 is 10.0 Å². The van der Waals surface area contributed by atoms with Gasteiger partial charge in [0, 0.05) is 31.3 Å². The van der Waals surface area contributed by atoms with Crippen LogP contribution in [0.25, 0.3) is 0 Å². The molecule has 0 spiro atoms. The zero-order valence-electron chi connectivity index (χ0n) is 15.6. The number of aliphatic imine (C=N–C) groups is 1. The Bertz CT molecular complexity index is 898. The second-order valence-corrected chi connectivity index (χ2v) is 8.87. The molecule has 2 aromatic rings. The van der Waals surface area contributed by atoms with Crippen molar-refractivity contribution in [2.24, 2.45) is 4.99 Å². The average Bonchev–Trinajstić information content (AvgIpc) is 3.13. The average molecular weight is 425 g/mol. The van der Waals surface area contributed by atoms with Gasteiger partial charge in [-0.15, -0.1) is 11.3 Å². The number of nitrogens with one attached hydrogen (secondary N) is 3. The lowest BCUT2D eigenvalue weighted by Crippen LogP contribution is -2.32. The van der Waals surface area contributed by atoms with Gasteiger partial charge in [0.1, 0.15) is 4.21 Å². The van der Waals surface area contributed by atoms with Gasteiger partial charge in [-0.25, -0.2) is 13.1 Å². The first kappa shape index (κ1) is 20.4. The summed E-state index contributed by atoms with van der Waals surface area (Å²) >= 11 is 1.18. The van der Waals surface area contributed by atoms with Gasteiger partial charge in [0.25, 0.3) is 0 Å². The summed E-state index contributed by atoms with van der Waals surface area (Å²) in [5.41, 5.74) is 0.808. The maximum Gasteiger partial charge on any atom is 0.250 e. The van der Waals surface area contributed by atoms with E-state index in [9.17, 15) is 8.42 Å². The summed E-state index contributed by atoms with van der Waals surface area (Å²) in [7, 11) is -3.47. The van der Waals surface area contributed by atoms with Gasteiger partial charge in [0.2, 0.25) is 10.0 Å². The van der Waals surface area contributed by atoms with Crippen LogP contribution >= 0.6 is 11.3 Å². The SMILES string of the molecule is CCNC(=NCCNS(=O)(=O)c1cccs1)Nc1ccc2c(c1)OCCCO2. The van der Waals surface area contributed by atoms with Gasteiger partial charge in [0.05, 0.1) is 19.8 Å². The van der Waals surface area contributed by atoms with E-state index in [0.29, 0.717) is 42.2 Å². The van der Waals surface area contributed by atoms with Crippen LogP contribution < -0.4 is 24.8 Å². The number of hydrogen-bond donors (Lipinski definition) is 3. The van der Waals surface area contributed by atoms with E-state index in [1.54, 1.807) is 17.5 Å². The van der Waals surface area contributed by atoms with Crippen LogP contribution in [0, 0.1) is 0 Å². The number of fused-ring (bicyclic) bond motifs is 1. The molecule has 1 aromatic carbocycles. The minimum atomic E-state index is -3.47. The Morgan fingerprint density at radius 2 is 2.04 bits per heavy atom. The van der Waals surface area contributed by atoms with Crippen molar-refractivity contribution in [1.29, 1.82) is 0 Å². The van der Waals surface area contributed by atoms with Gasteiger partial charge < -0.3 is 20.1 Å². The summed E-state index contributed by atoms with van der Waals surface area (Å²) < 4.78 is 38.4. The van der Waals surface area contributed by atoms with Crippen molar-refractivity contribution in [3.05, 3.63) is 35.7 Å². The first-order chi connectivity index (χ1) is 13.6. The van der Waals surface area contributed by atoms with Crippen LogP contribution in [0.5, 0.6) is 11.5 Å². The van der Waals surface area contributed by atoms with Crippen LogP contribution in [-0.4, -0.2) is 47.2 Å². The molecule has 1 aromatic heterocycles. The first-order valence-electron chi connectivity index (χ1n) is 9.06. The zero-order chi connectivity index (χ0) is 19.8. The molecule has 1 aliphatic rings. The van der Waals surface area contributed by atoms with Crippen LogP contribution in [0.15, 0.2) is 44.9 Å². The number of ether oxygens (including phenoxy) is 2. The van der Waals surface area contributed by atoms with Crippen LogP contribution in [-0.2, 0) is 10.0 Å². The number of nitrogens with zero attached hydrogens (tertiary/aromatic N) is 1. The first-order valence-corrected chi connectivity index (χ1v) is 11.4. The molecule has 0 amide bonds. The van der Waals surface area contributed by atoms with Gasteiger partial charge in [-0.05, 0) is 30.5 Å². The maximum atomic E-state index is 12.1. The molecule has 3 rings (SSSR count). The predicted octanol–water partition coefficient (Wildman–Crippen LogP) is 2.27. The minimum absolute atomic E-state index is 0.206. The van der Waals surface area contributed by atoms with E-state index in [1.165, 1.54) is 11.3 Å². The molecule has 10 heteroatoms. The summed E-state index contributed by atoms with van der Waals surface area (Å²) in [4.78, 5) is 4.42. The summed E-state index contributed by atoms with van der Waals surface area (Å²) in [5.74, 6) is 1.99. The van der Waals surface area contributed by atoms with Crippen molar-refractivity contribution in [3.8, 4) is 11.5 Å². The zero-order valence-corrected chi connectivity index (χ0v) is 17.2. The lowest BCUT2D eigenvalue weighted by molar-refractivity contribution is 0.297. The van der Waals surface area contributed by atoms with Gasteiger partial charge in [-0.2, -0.15) is 0 Å². The number of benzene rings is 1. The van der Waals surface area contributed by atoms with Crippen LogP contribution in [0.2, 0.25) is 0 Å². The standard InChI is InChI=1S/C18H24N4O4S2/c1-2-19-18(20-8-9-21-28(23,24)17-5-3-12-27-17)22-14-6-7-15-16(13-14)26-11-4-10-25-15/h3,5-7,12-13,21H,2,4,8-11H2,1H3,(H2,19,20,22). The number of guanidine groups is 1. The summed E-state index contributed by atoms with van der Waals surface area (Å²) in [5, 5.41) is 8.08. The van der Waals surface area contributed by atoms with Gasteiger partial charge in [-0.3, -0.25) is 4.99 Å². The highest BCUT2D eigenvalue weighted by atomic mass is 32.2. The second kappa shape index (κ2) is 9.76. The number of anilines is 1. The highest BCUT2D eigenvalue weighted by Crippen LogP contribution is 2.32. The Hall–Kier alpha value is -2.30. The van der Waals surface area contributed by atoms with Crippen molar-refractivity contribution >= 4 is 33.0 Å². The minimum Gasteiger partial charge on any atom is -0.490 e. The molecular formula is C18H24N4O4S2. The topological polar surface area (TPSA) is 101 Å². The van der Waals surface area contributed by atoms with Crippen molar-refractivity contribution in [2.75, 3.05) is 38.2 Å². The third-order valence-electron chi connectivity index (χ3n) is 3.79. The number of sulfonamides is 1. The third kappa shape index (κ3) is 5.60. The molecule has 3 N–H and O–H groups in total. The monoisotopic (exact) mass is 424 g/mol. The number of hydrogen-bond acceptors (Lipinski definition) is 6. The Morgan fingerprint density at radius 3 is 2.79 bits per heavy atom. The molecule has 0 bridgehead atoms. The molecule has 0 unspecified atom stereocenters. The molecule has 0 atom stereocenters. The fourth-order valence-corrected chi connectivity index (χ4v) is 4.58. The highest BCUT2D eigenvalue weighted by Gasteiger charge is 2.14. The van der Waals surface area contributed by atoms with Gasteiger partial charge in [-0.1, -0.05) is 6.07 Å². The smallest absolute Gasteiger partial charge is 0.250 e. The summed E-state index contributed by atoms with van der Waals surface area (Å²) in [6.07, 6.45) is 0.850. The maximum absolute atomic E-state index is 12.1. The van der Waals surface area contributed by atoms with Crippen molar-refractivity contribution < 1.29 is 17.9 Å². The van der Waals surface area contributed by atoms with E-state index in [1.807, 2.05) is 25.1 Å². The predicted molar refractivity (Wildman–Crippen MR) is 111 cm³/mol. The van der Waals surface area contributed by atoms with E-state index in [4.69, 9.17) is 9.47 Å². The van der Waals surface area contributed by atoms with Gasteiger partial charge in [0.15, 0.2) is 17.5 Å². The van der Waals surface area contributed by atoms with Crippen molar-refractivity contribution in [2.45, 2.75) is 17.6 Å². The Kier molecular flexibility index (Phi) is 7.12. The molecule has 0 aliphatic carbocycles. The molecule has 152 valence electrons. The largest absolute Gasteiger partial charge is 0.490 e. The molecule has 0 saturated heterocycles. The Morgan fingerprint density at radius 1 is 1.21 bits per heavy atom. The van der Waals surface area contributed by atoms with Gasteiger partial charge >= 0.3 is 0 Å². The van der Waals surface area contributed by atoms with Crippen LogP contribution in [0.3, 0.4) is 0 Å².